The molecule has 2 aromatic carbocycles. The summed E-state index contributed by atoms with van der Waals surface area (Å²) in [6, 6.07) is 14.0. The van der Waals surface area contributed by atoms with Gasteiger partial charge in [-0.15, -0.1) is 10.2 Å². The van der Waals surface area contributed by atoms with Crippen molar-refractivity contribution in [1.82, 2.24) is 20.1 Å². The molecule has 0 bridgehead atoms. The highest BCUT2D eigenvalue weighted by molar-refractivity contribution is 5.97. The maximum Gasteiger partial charge on any atom is 0.254 e. The normalized spacial score (nSPS) is 20.6. The van der Waals surface area contributed by atoms with E-state index in [4.69, 9.17) is 5.26 Å². The number of nitrogens with one attached hydrogen (secondary N) is 1. The number of aromatic nitrogens is 3. The predicted octanol–water partition coefficient (Wildman–Crippen LogP) is 4.22. The molecule has 2 heterocycles. The lowest BCUT2D eigenvalue weighted by molar-refractivity contribution is 0.0708. The van der Waals surface area contributed by atoms with Crippen LogP contribution >= 0.6 is 0 Å². The molecule has 3 aromatic rings. The van der Waals surface area contributed by atoms with Crippen LogP contribution in [-0.4, -0.2) is 50.3 Å². The number of amides is 1. The second-order valence-electron chi connectivity index (χ2n) is 9.64. The lowest BCUT2D eigenvalue weighted by Gasteiger charge is -2.34. The maximum absolute atomic E-state index is 13.6. The molecule has 34 heavy (non-hydrogen) atoms. The molecule has 1 saturated carbocycles. The molecule has 2 aliphatic rings. The summed E-state index contributed by atoms with van der Waals surface area (Å²) in [5, 5.41) is 27.3. The molecule has 1 aliphatic heterocycles. The van der Waals surface area contributed by atoms with Crippen LogP contribution < -0.4 is 0 Å². The van der Waals surface area contributed by atoms with E-state index in [0.29, 0.717) is 36.0 Å². The lowest BCUT2D eigenvalue weighted by atomic mass is 9.75. The molecule has 1 saturated heterocycles. The van der Waals surface area contributed by atoms with E-state index in [0.717, 1.165) is 48.2 Å². The molecule has 0 unspecified atom stereocenters. The number of aryl methyl sites for hydroxylation is 2. The second kappa shape index (κ2) is 9.03. The van der Waals surface area contributed by atoms with E-state index in [-0.39, 0.29) is 17.9 Å². The van der Waals surface area contributed by atoms with E-state index < -0.39 is 0 Å². The number of nitrogens with zero attached hydrogens (tertiary/aromatic N) is 4. The van der Waals surface area contributed by atoms with Gasteiger partial charge in [0.1, 0.15) is 5.82 Å². The third-order valence-corrected chi connectivity index (χ3v) is 7.33. The zero-order valence-electron chi connectivity index (χ0n) is 19.6. The van der Waals surface area contributed by atoms with Crippen molar-refractivity contribution in [3.05, 3.63) is 70.0 Å². The van der Waals surface area contributed by atoms with E-state index >= 15 is 0 Å². The summed E-state index contributed by atoms with van der Waals surface area (Å²) in [5.74, 6) is 2.11. The van der Waals surface area contributed by atoms with Crippen LogP contribution in [0.4, 0.5) is 0 Å². The number of rotatable bonds is 4. The Balaban J connectivity index is 1.37. The van der Waals surface area contributed by atoms with E-state index in [1.54, 1.807) is 0 Å². The van der Waals surface area contributed by atoms with Gasteiger partial charge in [-0.25, -0.2) is 0 Å². The zero-order valence-corrected chi connectivity index (χ0v) is 19.6. The highest BCUT2D eigenvalue weighted by atomic mass is 16.3. The molecule has 7 nitrogen and oxygen atoms in total. The molecule has 174 valence electrons. The van der Waals surface area contributed by atoms with Gasteiger partial charge in [0, 0.05) is 24.2 Å². The number of piperidine rings is 1. The molecular weight excluding hydrogens is 426 g/mol. The Morgan fingerprint density at radius 1 is 1.09 bits per heavy atom. The minimum atomic E-state index is -0.256. The van der Waals surface area contributed by atoms with Gasteiger partial charge in [0.2, 0.25) is 0 Å². The van der Waals surface area contributed by atoms with Crippen molar-refractivity contribution in [3.63, 3.8) is 0 Å². The van der Waals surface area contributed by atoms with Gasteiger partial charge in [0.25, 0.3) is 5.91 Å². The van der Waals surface area contributed by atoms with Crippen molar-refractivity contribution in [2.45, 2.75) is 57.5 Å². The van der Waals surface area contributed by atoms with Crippen LogP contribution in [0.15, 0.2) is 36.4 Å². The fourth-order valence-corrected chi connectivity index (χ4v) is 5.23. The van der Waals surface area contributed by atoms with Crippen molar-refractivity contribution >= 4 is 5.91 Å². The monoisotopic (exact) mass is 455 g/mol. The van der Waals surface area contributed by atoms with Gasteiger partial charge in [0.05, 0.1) is 17.7 Å². The van der Waals surface area contributed by atoms with Gasteiger partial charge < -0.3 is 15.0 Å². The number of carbonyl (C=O) groups excluding carboxylic acids is 1. The average molecular weight is 456 g/mol. The Labute approximate surface area is 199 Å². The number of likely N-dealkylation sites (tertiary alicyclic amines) is 1. The van der Waals surface area contributed by atoms with Crippen LogP contribution in [0.3, 0.4) is 0 Å². The molecule has 2 fully saturated rings. The van der Waals surface area contributed by atoms with Gasteiger partial charge in [-0.2, -0.15) is 5.26 Å². The largest absolute Gasteiger partial charge is 0.393 e. The quantitative estimate of drug-likeness (QED) is 0.613. The van der Waals surface area contributed by atoms with Crippen LogP contribution in [0, 0.1) is 25.2 Å². The third-order valence-electron chi connectivity index (χ3n) is 7.33. The van der Waals surface area contributed by atoms with E-state index in [1.165, 1.54) is 5.56 Å². The highest BCUT2D eigenvalue weighted by Gasteiger charge is 2.33. The summed E-state index contributed by atoms with van der Waals surface area (Å²) < 4.78 is 0. The zero-order chi connectivity index (χ0) is 23.8. The first-order valence-electron chi connectivity index (χ1n) is 11.9. The summed E-state index contributed by atoms with van der Waals surface area (Å²) in [5.41, 5.74) is 5.58. The van der Waals surface area contributed by atoms with Gasteiger partial charge in [-0.1, -0.05) is 18.2 Å². The number of H-pyrrole nitrogens is 1. The SMILES string of the molecule is Cc1nnc(-c2cc(C(=O)N3CCC(c4ccc(C#N)cc4)CC3)c(C)cc2[C@H]2C[C@@H](O)C2)[nH]1. The predicted molar refractivity (Wildman–Crippen MR) is 128 cm³/mol. The summed E-state index contributed by atoms with van der Waals surface area (Å²) in [6.07, 6.45) is 3.02. The molecule has 1 aromatic heterocycles. The molecule has 5 rings (SSSR count). The number of aliphatic hydroxyl groups excluding tert-OH is 1. The lowest BCUT2D eigenvalue weighted by Crippen LogP contribution is -2.38. The summed E-state index contributed by atoms with van der Waals surface area (Å²) in [4.78, 5) is 18.7. The number of carbonyl (C=O) groups is 1. The van der Waals surface area contributed by atoms with E-state index in [1.807, 2.05) is 49.1 Å². The standard InChI is InChI=1S/C27H29N5O2/c1-16-11-24(21-12-22(33)13-21)25(26-29-17(2)30-31-26)14-23(16)27(34)32-9-7-20(8-10-32)19-5-3-18(15-28)4-6-19/h3-6,11,14,20-22,33H,7-10,12-13H2,1-2H3,(H,29,30,31)/t21-,22+. The van der Waals surface area contributed by atoms with Crippen molar-refractivity contribution < 1.29 is 9.90 Å². The van der Waals surface area contributed by atoms with Crippen LogP contribution in [0.1, 0.15) is 76.0 Å². The summed E-state index contributed by atoms with van der Waals surface area (Å²) in [6.45, 7) is 5.26. The second-order valence-corrected chi connectivity index (χ2v) is 9.64. The van der Waals surface area contributed by atoms with Crippen molar-refractivity contribution in [3.8, 4) is 17.5 Å². The Hall–Kier alpha value is -3.50. The first kappa shape index (κ1) is 22.3. The van der Waals surface area contributed by atoms with Gasteiger partial charge >= 0.3 is 0 Å². The van der Waals surface area contributed by atoms with Crippen molar-refractivity contribution in [2.75, 3.05) is 13.1 Å². The smallest absolute Gasteiger partial charge is 0.254 e. The first-order valence-corrected chi connectivity index (χ1v) is 11.9. The minimum Gasteiger partial charge on any atom is -0.393 e. The number of nitriles is 1. The van der Waals surface area contributed by atoms with Crippen LogP contribution in [-0.2, 0) is 0 Å². The molecule has 0 spiro atoms. The summed E-state index contributed by atoms with van der Waals surface area (Å²) >= 11 is 0. The fourth-order valence-electron chi connectivity index (χ4n) is 5.23. The molecule has 0 radical (unpaired) electrons. The topological polar surface area (TPSA) is 106 Å². The molecule has 1 aliphatic carbocycles. The average Bonchev–Trinajstić information content (AvgIpc) is 3.27. The maximum atomic E-state index is 13.6. The van der Waals surface area contributed by atoms with E-state index in [9.17, 15) is 9.90 Å². The van der Waals surface area contributed by atoms with Gasteiger partial charge in [-0.3, -0.25) is 4.79 Å². The van der Waals surface area contributed by atoms with Gasteiger partial charge in [-0.05, 0) is 86.3 Å². The number of aliphatic hydroxyl groups is 1. The molecular formula is C27H29N5O2. The highest BCUT2D eigenvalue weighted by Crippen LogP contribution is 2.42. The Kier molecular flexibility index (Phi) is 5.93. The number of hydrogen-bond acceptors (Lipinski definition) is 5. The number of benzene rings is 2. The fraction of sp³-hybridized carbons (Fsp3) is 0.407. The van der Waals surface area contributed by atoms with Crippen LogP contribution in [0.5, 0.6) is 0 Å². The van der Waals surface area contributed by atoms with Crippen LogP contribution in [0.2, 0.25) is 0 Å². The first-order chi connectivity index (χ1) is 16.4. The Bertz CT molecular complexity index is 1240. The molecule has 0 atom stereocenters. The molecule has 7 heteroatoms. The van der Waals surface area contributed by atoms with E-state index in [2.05, 4.69) is 27.3 Å². The van der Waals surface area contributed by atoms with Gasteiger partial charge in [0.15, 0.2) is 5.82 Å². The Morgan fingerprint density at radius 3 is 2.38 bits per heavy atom. The van der Waals surface area contributed by atoms with Crippen molar-refractivity contribution in [1.29, 1.82) is 5.26 Å². The summed E-state index contributed by atoms with van der Waals surface area (Å²) in [7, 11) is 0. The third kappa shape index (κ3) is 4.22. The van der Waals surface area contributed by atoms with Crippen molar-refractivity contribution in [2.24, 2.45) is 0 Å². The minimum absolute atomic E-state index is 0.0495. The van der Waals surface area contributed by atoms with Crippen LogP contribution in [0.25, 0.3) is 11.4 Å². The Morgan fingerprint density at radius 2 is 1.79 bits per heavy atom. The molecule has 2 N–H and O–H groups in total. The number of hydrogen-bond donors (Lipinski definition) is 2. The molecule has 1 amide bonds. The number of aromatic amines is 1.